The fourth-order valence-corrected chi connectivity index (χ4v) is 2.13. The first kappa shape index (κ1) is 12.1. The van der Waals surface area contributed by atoms with Gasteiger partial charge in [0.25, 0.3) is 0 Å². The zero-order valence-electron chi connectivity index (χ0n) is 10.2. The molecule has 0 spiro atoms. The molecule has 0 aliphatic rings. The lowest BCUT2D eigenvalue weighted by atomic mass is 10.0. The van der Waals surface area contributed by atoms with Crippen LogP contribution in [0, 0.1) is 6.92 Å². The zero-order chi connectivity index (χ0) is 12.6. The molecule has 0 aliphatic carbocycles. The van der Waals surface area contributed by atoms with E-state index in [9.17, 15) is 0 Å². The summed E-state index contributed by atoms with van der Waals surface area (Å²) < 4.78 is 3.41. The molecular formula is C11H16ClN5. The van der Waals surface area contributed by atoms with E-state index in [1.54, 1.807) is 15.6 Å². The smallest absolute Gasteiger partial charge is 0.130 e. The van der Waals surface area contributed by atoms with E-state index in [0.29, 0.717) is 11.6 Å². The third-order valence-electron chi connectivity index (χ3n) is 2.85. The molecule has 1 unspecified atom stereocenters. The van der Waals surface area contributed by atoms with Gasteiger partial charge in [-0.1, -0.05) is 11.6 Å². The van der Waals surface area contributed by atoms with Gasteiger partial charge in [0, 0.05) is 37.5 Å². The second-order valence-corrected chi connectivity index (χ2v) is 4.59. The van der Waals surface area contributed by atoms with Crippen molar-refractivity contribution in [2.75, 3.05) is 0 Å². The van der Waals surface area contributed by atoms with Crippen LogP contribution in [0.15, 0.2) is 12.4 Å². The van der Waals surface area contributed by atoms with Gasteiger partial charge in [-0.2, -0.15) is 10.2 Å². The van der Waals surface area contributed by atoms with Crippen LogP contribution in [0.2, 0.25) is 5.15 Å². The molecule has 0 aromatic carbocycles. The maximum Gasteiger partial charge on any atom is 0.130 e. The van der Waals surface area contributed by atoms with E-state index in [1.165, 1.54) is 0 Å². The van der Waals surface area contributed by atoms with Crippen LogP contribution < -0.4 is 5.73 Å². The molecular weight excluding hydrogens is 238 g/mol. The lowest BCUT2D eigenvalue weighted by Crippen LogP contribution is -2.13. The average molecular weight is 254 g/mol. The number of aryl methyl sites for hydroxylation is 3. The molecule has 0 saturated carbocycles. The molecule has 92 valence electrons. The van der Waals surface area contributed by atoms with Crippen LogP contribution in [-0.4, -0.2) is 19.6 Å². The van der Waals surface area contributed by atoms with E-state index >= 15 is 0 Å². The van der Waals surface area contributed by atoms with Gasteiger partial charge in [-0.05, 0) is 13.3 Å². The third kappa shape index (κ3) is 2.35. The minimum Gasteiger partial charge on any atom is -0.324 e. The van der Waals surface area contributed by atoms with Crippen molar-refractivity contribution in [3.63, 3.8) is 0 Å². The highest BCUT2D eigenvalue weighted by Gasteiger charge is 2.16. The first-order chi connectivity index (χ1) is 7.99. The summed E-state index contributed by atoms with van der Waals surface area (Å²) in [7, 11) is 3.70. The van der Waals surface area contributed by atoms with E-state index in [2.05, 4.69) is 10.2 Å². The molecule has 0 amide bonds. The number of nitrogens with zero attached hydrogens (tertiary/aromatic N) is 4. The molecule has 17 heavy (non-hydrogen) atoms. The van der Waals surface area contributed by atoms with Gasteiger partial charge in [-0.25, -0.2) is 0 Å². The van der Waals surface area contributed by atoms with Crippen molar-refractivity contribution in [3.05, 3.63) is 34.4 Å². The van der Waals surface area contributed by atoms with Crippen LogP contribution in [0.3, 0.4) is 0 Å². The molecule has 2 N–H and O–H groups in total. The summed E-state index contributed by atoms with van der Waals surface area (Å²) in [5.74, 6) is 0. The predicted molar refractivity (Wildman–Crippen MR) is 66.8 cm³/mol. The van der Waals surface area contributed by atoms with E-state index in [1.807, 2.05) is 27.2 Å². The molecule has 0 saturated heterocycles. The summed E-state index contributed by atoms with van der Waals surface area (Å²) in [6.45, 7) is 1.94. The van der Waals surface area contributed by atoms with Crippen molar-refractivity contribution < 1.29 is 0 Å². The molecule has 0 aliphatic heterocycles. The lowest BCUT2D eigenvalue weighted by Gasteiger charge is -2.08. The molecule has 0 fully saturated rings. The number of hydrogen-bond acceptors (Lipinski definition) is 3. The molecule has 2 aromatic heterocycles. The highest BCUT2D eigenvalue weighted by atomic mass is 35.5. The number of aromatic nitrogens is 4. The Morgan fingerprint density at radius 3 is 2.65 bits per heavy atom. The molecule has 0 bridgehead atoms. The zero-order valence-corrected chi connectivity index (χ0v) is 10.9. The molecule has 2 aromatic rings. The van der Waals surface area contributed by atoms with Crippen LogP contribution in [0.25, 0.3) is 0 Å². The monoisotopic (exact) mass is 253 g/mol. The van der Waals surface area contributed by atoms with E-state index in [-0.39, 0.29) is 6.04 Å². The number of rotatable bonds is 3. The molecule has 1 atom stereocenters. The highest BCUT2D eigenvalue weighted by Crippen LogP contribution is 2.24. The molecule has 2 rings (SSSR count). The van der Waals surface area contributed by atoms with Crippen LogP contribution in [-0.2, 0) is 20.5 Å². The Morgan fingerprint density at radius 2 is 2.18 bits per heavy atom. The second kappa shape index (κ2) is 4.50. The summed E-state index contributed by atoms with van der Waals surface area (Å²) in [5, 5.41) is 9.04. The maximum absolute atomic E-state index is 6.17. The molecule has 0 radical (unpaired) electrons. The van der Waals surface area contributed by atoms with Crippen molar-refractivity contribution in [1.82, 2.24) is 19.6 Å². The Hall–Kier alpha value is -1.33. The summed E-state index contributed by atoms with van der Waals surface area (Å²) in [6.07, 6.45) is 4.37. The molecule has 2 heterocycles. The summed E-state index contributed by atoms with van der Waals surface area (Å²) in [5.41, 5.74) is 9.08. The van der Waals surface area contributed by atoms with Gasteiger partial charge in [0.2, 0.25) is 0 Å². The summed E-state index contributed by atoms with van der Waals surface area (Å²) in [6, 6.07) is -0.107. The largest absolute Gasteiger partial charge is 0.324 e. The Balaban J connectivity index is 2.21. The van der Waals surface area contributed by atoms with Gasteiger partial charge in [0.05, 0.1) is 11.9 Å². The quantitative estimate of drug-likeness (QED) is 0.899. The number of halogens is 1. The van der Waals surface area contributed by atoms with Crippen LogP contribution in [0.5, 0.6) is 0 Å². The van der Waals surface area contributed by atoms with Gasteiger partial charge >= 0.3 is 0 Å². The number of hydrogen-bond donors (Lipinski definition) is 1. The van der Waals surface area contributed by atoms with Crippen LogP contribution in [0.1, 0.15) is 22.9 Å². The third-order valence-corrected chi connectivity index (χ3v) is 3.32. The van der Waals surface area contributed by atoms with Crippen molar-refractivity contribution in [1.29, 1.82) is 0 Å². The van der Waals surface area contributed by atoms with Crippen LogP contribution >= 0.6 is 11.6 Å². The van der Waals surface area contributed by atoms with Crippen molar-refractivity contribution >= 4 is 11.6 Å². The first-order valence-corrected chi connectivity index (χ1v) is 5.79. The van der Waals surface area contributed by atoms with Gasteiger partial charge < -0.3 is 5.73 Å². The molecule has 5 nitrogen and oxygen atoms in total. The van der Waals surface area contributed by atoms with Crippen molar-refractivity contribution in [2.45, 2.75) is 19.4 Å². The van der Waals surface area contributed by atoms with Gasteiger partial charge in [0.1, 0.15) is 5.15 Å². The van der Waals surface area contributed by atoms with E-state index < -0.39 is 0 Å². The average Bonchev–Trinajstić information content (AvgIpc) is 2.79. The highest BCUT2D eigenvalue weighted by molar-refractivity contribution is 6.30. The minimum atomic E-state index is -0.107. The topological polar surface area (TPSA) is 61.7 Å². The van der Waals surface area contributed by atoms with Crippen LogP contribution in [0.4, 0.5) is 0 Å². The minimum absolute atomic E-state index is 0.107. The lowest BCUT2D eigenvalue weighted by molar-refractivity contribution is 0.714. The predicted octanol–water partition coefficient (Wildman–Crippen LogP) is 1.36. The first-order valence-electron chi connectivity index (χ1n) is 5.41. The SMILES string of the molecule is Cc1nn(C)c(Cl)c1CC(N)c1cnn(C)c1. The Morgan fingerprint density at radius 1 is 1.47 bits per heavy atom. The van der Waals surface area contributed by atoms with Gasteiger partial charge in [-0.15, -0.1) is 0 Å². The van der Waals surface area contributed by atoms with Gasteiger partial charge in [0.15, 0.2) is 0 Å². The van der Waals surface area contributed by atoms with E-state index in [0.717, 1.165) is 16.8 Å². The number of nitrogens with two attached hydrogens (primary N) is 1. The second-order valence-electron chi connectivity index (χ2n) is 4.24. The van der Waals surface area contributed by atoms with Crippen molar-refractivity contribution in [2.24, 2.45) is 19.8 Å². The fourth-order valence-electron chi connectivity index (χ4n) is 1.88. The Bertz CT molecular complexity index is 528. The van der Waals surface area contributed by atoms with Crippen molar-refractivity contribution in [3.8, 4) is 0 Å². The maximum atomic E-state index is 6.17. The summed E-state index contributed by atoms with van der Waals surface area (Å²) >= 11 is 6.17. The normalized spacial score (nSPS) is 13.0. The molecule has 6 heteroatoms. The summed E-state index contributed by atoms with van der Waals surface area (Å²) in [4.78, 5) is 0. The van der Waals surface area contributed by atoms with Gasteiger partial charge in [-0.3, -0.25) is 9.36 Å². The fraction of sp³-hybridized carbons (Fsp3) is 0.455. The standard InChI is InChI=1S/C11H16ClN5/c1-7-9(11(12)17(3)15-7)4-10(13)8-5-14-16(2)6-8/h5-6,10H,4,13H2,1-3H3. The Labute approximate surface area is 105 Å². The van der Waals surface area contributed by atoms with E-state index in [4.69, 9.17) is 17.3 Å². The Kier molecular flexibility index (Phi) is 3.22.